The first-order valence-electron chi connectivity index (χ1n) is 6.04. The van der Waals surface area contributed by atoms with Gasteiger partial charge in [-0.15, -0.1) is 0 Å². The van der Waals surface area contributed by atoms with Crippen LogP contribution in [-0.2, 0) is 4.18 Å². The summed E-state index contributed by atoms with van der Waals surface area (Å²) in [6.45, 7) is 3.54. The molecule has 102 valence electrons. The van der Waals surface area contributed by atoms with Crippen LogP contribution in [0.5, 0.6) is 5.75 Å². The van der Waals surface area contributed by atoms with Gasteiger partial charge in [-0.3, -0.25) is 4.18 Å². The number of hydrogen-bond donors (Lipinski definition) is 3. The summed E-state index contributed by atoms with van der Waals surface area (Å²) in [6, 6.07) is 3.28. The predicted molar refractivity (Wildman–Crippen MR) is 77.8 cm³/mol. The van der Waals surface area contributed by atoms with Gasteiger partial charge in [-0.05, 0) is 49.9 Å². The molecule has 0 aliphatic heterocycles. The summed E-state index contributed by atoms with van der Waals surface area (Å²) in [7, 11) is 0. The van der Waals surface area contributed by atoms with Crippen molar-refractivity contribution in [2.75, 3.05) is 0 Å². The number of benzene rings is 1. The minimum Gasteiger partial charge on any atom is -0.507 e. The highest BCUT2D eigenvalue weighted by Gasteiger charge is 2.23. The fraction of sp³-hybridized carbons (Fsp3) is 0.385. The molecule has 19 heavy (non-hydrogen) atoms. The maximum absolute atomic E-state index is 9.91. The van der Waals surface area contributed by atoms with Gasteiger partial charge in [-0.25, -0.2) is 0 Å². The average molecular weight is 279 g/mol. The summed E-state index contributed by atoms with van der Waals surface area (Å²) in [4.78, 5) is 0. The topological polar surface area (TPSA) is 91.7 Å². The summed E-state index contributed by atoms with van der Waals surface area (Å²) in [5, 5.41) is 17.6. The molecular weight excluding hydrogens is 262 g/mol. The summed E-state index contributed by atoms with van der Waals surface area (Å²) >= 11 is 0.952. The minimum absolute atomic E-state index is 0.0655. The Kier molecular flexibility index (Phi) is 4.11. The fourth-order valence-corrected chi connectivity index (χ4v) is 2.17. The monoisotopic (exact) mass is 279 g/mol. The second-order valence-corrected chi connectivity index (χ2v) is 5.18. The molecule has 0 saturated heterocycles. The molecule has 1 aromatic carbocycles. The second-order valence-electron chi connectivity index (χ2n) is 4.66. The molecular formula is C13H17N3O2S. The van der Waals surface area contributed by atoms with Gasteiger partial charge >= 0.3 is 0 Å². The van der Waals surface area contributed by atoms with Crippen molar-refractivity contribution in [2.24, 2.45) is 10.1 Å². The van der Waals surface area contributed by atoms with Crippen molar-refractivity contribution in [3.63, 3.8) is 0 Å². The Morgan fingerprint density at radius 2 is 2.16 bits per heavy atom. The van der Waals surface area contributed by atoms with E-state index in [0.29, 0.717) is 11.3 Å². The lowest BCUT2D eigenvalue weighted by Gasteiger charge is -2.09. The Bertz CT molecular complexity index is 539. The lowest BCUT2D eigenvalue weighted by atomic mass is 10.0. The van der Waals surface area contributed by atoms with Crippen LogP contribution in [0.15, 0.2) is 16.5 Å². The zero-order valence-electron chi connectivity index (χ0n) is 10.9. The van der Waals surface area contributed by atoms with Gasteiger partial charge in [0.05, 0.1) is 11.7 Å². The van der Waals surface area contributed by atoms with Crippen LogP contribution in [-0.4, -0.2) is 22.8 Å². The molecule has 0 atom stereocenters. The van der Waals surface area contributed by atoms with Crippen LogP contribution in [0, 0.1) is 12.3 Å². The Morgan fingerprint density at radius 1 is 1.47 bits per heavy atom. The molecule has 1 fully saturated rings. The van der Waals surface area contributed by atoms with E-state index < -0.39 is 0 Å². The van der Waals surface area contributed by atoms with Crippen LogP contribution >= 0.6 is 12.2 Å². The van der Waals surface area contributed by atoms with E-state index in [0.717, 1.165) is 36.2 Å². The van der Waals surface area contributed by atoms with Gasteiger partial charge in [-0.1, -0.05) is 0 Å². The molecule has 0 unspecified atom stereocenters. The maximum Gasteiger partial charge on any atom is 0.145 e. The third-order valence-electron chi connectivity index (χ3n) is 2.86. The van der Waals surface area contributed by atoms with Gasteiger partial charge < -0.3 is 16.2 Å². The van der Waals surface area contributed by atoms with E-state index in [1.165, 1.54) is 0 Å². The minimum atomic E-state index is 0.0655. The zero-order valence-corrected chi connectivity index (χ0v) is 11.8. The van der Waals surface area contributed by atoms with Crippen LogP contribution in [0.2, 0.25) is 0 Å². The SMILES string of the molecule is CC(=N)c1cc(/C(N)=N/SOC2CC2)c(O)cc1C. The van der Waals surface area contributed by atoms with Gasteiger partial charge in [0.15, 0.2) is 0 Å². The molecule has 1 aromatic rings. The Balaban J connectivity index is 2.21. The molecule has 5 nitrogen and oxygen atoms in total. The first-order chi connectivity index (χ1) is 8.99. The van der Waals surface area contributed by atoms with E-state index in [9.17, 15) is 5.11 Å². The molecule has 1 aliphatic carbocycles. The molecule has 0 radical (unpaired) electrons. The normalized spacial score (nSPS) is 15.6. The molecule has 0 bridgehead atoms. The van der Waals surface area contributed by atoms with E-state index >= 15 is 0 Å². The summed E-state index contributed by atoms with van der Waals surface area (Å²) in [5.41, 5.74) is 8.28. The molecule has 1 aliphatic rings. The lowest BCUT2D eigenvalue weighted by Crippen LogP contribution is -2.14. The molecule has 0 spiro atoms. The van der Waals surface area contributed by atoms with E-state index in [-0.39, 0.29) is 17.7 Å². The summed E-state index contributed by atoms with van der Waals surface area (Å²) in [6.07, 6.45) is 2.41. The third kappa shape index (κ3) is 3.48. The molecule has 1 saturated carbocycles. The molecule has 6 heteroatoms. The van der Waals surface area contributed by atoms with Gasteiger partial charge in [0.1, 0.15) is 23.8 Å². The van der Waals surface area contributed by atoms with Crippen molar-refractivity contribution in [3.05, 3.63) is 28.8 Å². The van der Waals surface area contributed by atoms with E-state index in [2.05, 4.69) is 4.40 Å². The summed E-state index contributed by atoms with van der Waals surface area (Å²) < 4.78 is 9.34. The number of phenolic OH excluding ortho intramolecular Hbond substituents is 1. The van der Waals surface area contributed by atoms with E-state index in [1.54, 1.807) is 19.1 Å². The largest absolute Gasteiger partial charge is 0.507 e. The number of rotatable bonds is 5. The van der Waals surface area contributed by atoms with Gasteiger partial charge in [0, 0.05) is 5.71 Å². The predicted octanol–water partition coefficient (Wildman–Crippen LogP) is 2.54. The molecule has 0 amide bonds. The molecule has 0 aromatic heterocycles. The van der Waals surface area contributed by atoms with Crippen LogP contribution in [0.3, 0.4) is 0 Å². The number of nitrogens with one attached hydrogen (secondary N) is 1. The van der Waals surface area contributed by atoms with Crippen LogP contribution < -0.4 is 5.73 Å². The van der Waals surface area contributed by atoms with Crippen molar-refractivity contribution >= 4 is 23.8 Å². The van der Waals surface area contributed by atoms with Gasteiger partial charge in [-0.2, -0.15) is 4.40 Å². The van der Waals surface area contributed by atoms with E-state index in [1.807, 2.05) is 6.92 Å². The second kappa shape index (κ2) is 5.63. The Morgan fingerprint density at radius 3 is 2.74 bits per heavy atom. The van der Waals surface area contributed by atoms with E-state index in [4.69, 9.17) is 15.3 Å². The van der Waals surface area contributed by atoms with Crippen molar-refractivity contribution < 1.29 is 9.29 Å². The Hall–Kier alpha value is -1.53. The average Bonchev–Trinajstić information content (AvgIpc) is 3.12. The number of nitrogens with zero attached hydrogens (tertiary/aromatic N) is 1. The summed E-state index contributed by atoms with van der Waals surface area (Å²) in [5.74, 6) is 0.265. The van der Waals surface area contributed by atoms with Gasteiger partial charge in [0.2, 0.25) is 0 Å². The quantitative estimate of drug-likeness (QED) is 0.334. The lowest BCUT2D eigenvalue weighted by molar-refractivity contribution is 0.360. The van der Waals surface area contributed by atoms with Crippen molar-refractivity contribution in [2.45, 2.75) is 32.8 Å². The first-order valence-corrected chi connectivity index (χ1v) is 6.74. The molecule has 2 rings (SSSR count). The highest BCUT2D eigenvalue weighted by Crippen LogP contribution is 2.29. The highest BCUT2D eigenvalue weighted by atomic mass is 32.2. The third-order valence-corrected chi connectivity index (χ3v) is 3.49. The first kappa shape index (κ1) is 13.9. The van der Waals surface area contributed by atoms with Crippen molar-refractivity contribution in [1.82, 2.24) is 0 Å². The van der Waals surface area contributed by atoms with Crippen LogP contribution in [0.1, 0.15) is 36.5 Å². The smallest absolute Gasteiger partial charge is 0.145 e. The zero-order chi connectivity index (χ0) is 14.0. The molecule has 4 N–H and O–H groups in total. The Labute approximate surface area is 116 Å². The molecule has 0 heterocycles. The number of amidine groups is 1. The number of phenols is 1. The van der Waals surface area contributed by atoms with Crippen LogP contribution in [0.4, 0.5) is 0 Å². The number of nitrogens with two attached hydrogens (primary N) is 1. The van der Waals surface area contributed by atoms with Crippen molar-refractivity contribution in [3.8, 4) is 5.75 Å². The number of aryl methyl sites for hydroxylation is 1. The van der Waals surface area contributed by atoms with Crippen molar-refractivity contribution in [1.29, 1.82) is 5.41 Å². The number of aromatic hydroxyl groups is 1. The fourth-order valence-electron chi connectivity index (χ4n) is 1.64. The highest BCUT2D eigenvalue weighted by molar-refractivity contribution is 7.93. The maximum atomic E-state index is 9.91. The van der Waals surface area contributed by atoms with Gasteiger partial charge in [0.25, 0.3) is 0 Å². The van der Waals surface area contributed by atoms with Crippen LogP contribution in [0.25, 0.3) is 0 Å². The number of hydrogen-bond acceptors (Lipinski definition) is 5. The standard InChI is InChI=1S/C13H17N3O2S/c1-7-5-12(17)11(6-10(7)8(2)14)13(15)16-19-18-9-3-4-9/h5-6,9,14,17H,3-4H2,1-2H3,(H2,15,16).